The van der Waals surface area contributed by atoms with Crippen LogP contribution < -0.4 is 0 Å². The van der Waals surface area contributed by atoms with Crippen LogP contribution in [-0.4, -0.2) is 35.6 Å². The summed E-state index contributed by atoms with van der Waals surface area (Å²) >= 11 is 0. The zero-order chi connectivity index (χ0) is 13.0. The summed E-state index contributed by atoms with van der Waals surface area (Å²) in [5, 5.41) is 9.99. The lowest BCUT2D eigenvalue weighted by molar-refractivity contribution is -0.0489. The second kappa shape index (κ2) is 6.19. The third kappa shape index (κ3) is 3.02. The molecule has 98 valence electrons. The van der Waals surface area contributed by atoms with Crippen LogP contribution in [0, 0.1) is 12.3 Å². The highest BCUT2D eigenvalue weighted by Gasteiger charge is 2.40. The normalized spacial score (nSPS) is 41.3. The van der Waals surface area contributed by atoms with Gasteiger partial charge in [-0.3, -0.25) is 0 Å². The average molecular weight is 248 g/mol. The fraction of sp³-hybridized carbons (Fsp3) is 0.600. The van der Waals surface area contributed by atoms with E-state index in [1.165, 1.54) is 0 Å². The van der Waals surface area contributed by atoms with Crippen LogP contribution in [-0.2, 0) is 9.47 Å². The summed E-state index contributed by atoms with van der Waals surface area (Å²) in [4.78, 5) is 0. The molecule has 2 rings (SSSR count). The van der Waals surface area contributed by atoms with Gasteiger partial charge in [0.15, 0.2) is 0 Å². The number of hydrogen-bond donors (Lipinski definition) is 1. The highest BCUT2D eigenvalue weighted by atomic mass is 16.6. The van der Waals surface area contributed by atoms with Gasteiger partial charge in [0.05, 0.1) is 30.5 Å². The Morgan fingerprint density at radius 2 is 2.22 bits per heavy atom. The van der Waals surface area contributed by atoms with Gasteiger partial charge in [-0.2, -0.15) is 0 Å². The minimum Gasteiger partial charge on any atom is -0.386 e. The highest BCUT2D eigenvalue weighted by Crippen LogP contribution is 2.31. The van der Waals surface area contributed by atoms with Crippen molar-refractivity contribution >= 4 is 0 Å². The molecule has 1 N–H and O–H groups in total. The summed E-state index contributed by atoms with van der Waals surface area (Å²) < 4.78 is 11.9. The van der Waals surface area contributed by atoms with Crippen LogP contribution >= 0.6 is 0 Å². The number of ether oxygens (including phenoxy) is 2. The highest BCUT2D eigenvalue weighted by molar-refractivity contribution is 5.10. The molecule has 0 aromatic heterocycles. The average Bonchev–Trinajstić information content (AvgIpc) is 2.77. The first-order valence-electron chi connectivity index (χ1n) is 6.53. The number of rotatable bonds is 3. The third-order valence-corrected chi connectivity index (χ3v) is 3.47. The molecular formula is C15H20O3. The molecule has 2 aliphatic rings. The van der Waals surface area contributed by atoms with E-state index < -0.39 is 6.10 Å². The molecule has 0 aromatic carbocycles. The van der Waals surface area contributed by atoms with Gasteiger partial charge in [0.25, 0.3) is 0 Å². The lowest BCUT2D eigenvalue weighted by atomic mass is 10.0. The standard InChI is InChI=1S/C15H20O3/c1-3-5-6-7-13-15-10-14(18-13)12(16)9-8-11(4-2)17-15/h1,5-6,8-9,11-16H,4,7,10H2,2H3/b6-5?,9-8-/t11-,12-,13?,14-,15-/m1/s1. The van der Waals surface area contributed by atoms with E-state index in [1.54, 1.807) is 12.2 Å². The van der Waals surface area contributed by atoms with E-state index >= 15 is 0 Å². The molecular weight excluding hydrogens is 228 g/mol. The molecule has 0 saturated carbocycles. The molecule has 0 spiro atoms. The Hall–Kier alpha value is -1.08. The largest absolute Gasteiger partial charge is 0.386 e. The first kappa shape index (κ1) is 13.4. The lowest BCUT2D eigenvalue weighted by Gasteiger charge is -2.23. The summed E-state index contributed by atoms with van der Waals surface area (Å²) in [6, 6.07) is 0. The van der Waals surface area contributed by atoms with Gasteiger partial charge in [-0.15, -0.1) is 6.42 Å². The second-order valence-electron chi connectivity index (χ2n) is 4.75. The summed E-state index contributed by atoms with van der Waals surface area (Å²) in [7, 11) is 0. The number of aliphatic hydroxyl groups is 1. The molecule has 5 atom stereocenters. The number of hydrogen-bond acceptors (Lipinski definition) is 3. The molecule has 3 nitrogen and oxygen atoms in total. The van der Waals surface area contributed by atoms with Gasteiger partial charge in [0.1, 0.15) is 0 Å². The van der Waals surface area contributed by atoms with Gasteiger partial charge in [-0.05, 0) is 18.9 Å². The molecule has 0 radical (unpaired) electrons. The quantitative estimate of drug-likeness (QED) is 0.611. The van der Waals surface area contributed by atoms with E-state index in [0.29, 0.717) is 0 Å². The lowest BCUT2D eigenvalue weighted by Crippen LogP contribution is -2.29. The number of terminal acetylenes is 1. The van der Waals surface area contributed by atoms with E-state index in [4.69, 9.17) is 15.9 Å². The SMILES string of the molecule is C#CC=CCC1O[C@@H]2C[C@H]1O[C@H](CC)/C=C\[C@H]2O. The minimum atomic E-state index is -0.535. The Morgan fingerprint density at radius 3 is 2.94 bits per heavy atom. The zero-order valence-electron chi connectivity index (χ0n) is 10.7. The van der Waals surface area contributed by atoms with Crippen LogP contribution in [0.2, 0.25) is 0 Å². The molecule has 0 aliphatic carbocycles. The molecule has 2 bridgehead atoms. The minimum absolute atomic E-state index is 0.0109. The fourth-order valence-electron chi connectivity index (χ4n) is 2.45. The van der Waals surface area contributed by atoms with Crippen LogP contribution in [0.5, 0.6) is 0 Å². The van der Waals surface area contributed by atoms with Crippen molar-refractivity contribution in [2.75, 3.05) is 0 Å². The molecule has 0 amide bonds. The molecule has 2 heterocycles. The fourth-order valence-corrected chi connectivity index (χ4v) is 2.45. The topological polar surface area (TPSA) is 38.7 Å². The zero-order valence-corrected chi connectivity index (χ0v) is 10.7. The van der Waals surface area contributed by atoms with Crippen LogP contribution in [0.1, 0.15) is 26.2 Å². The number of aliphatic hydroxyl groups excluding tert-OH is 1. The predicted octanol–water partition coefficient (Wildman–Crippen LogP) is 1.82. The smallest absolute Gasteiger partial charge is 0.0984 e. The van der Waals surface area contributed by atoms with Crippen molar-refractivity contribution in [2.24, 2.45) is 0 Å². The molecule has 3 heteroatoms. The van der Waals surface area contributed by atoms with Gasteiger partial charge in [0.2, 0.25) is 0 Å². The first-order valence-corrected chi connectivity index (χ1v) is 6.53. The predicted molar refractivity (Wildman–Crippen MR) is 70.0 cm³/mol. The maximum atomic E-state index is 9.99. The van der Waals surface area contributed by atoms with E-state index in [2.05, 4.69) is 12.8 Å². The van der Waals surface area contributed by atoms with E-state index in [1.807, 2.05) is 12.2 Å². The van der Waals surface area contributed by atoms with Gasteiger partial charge in [-0.1, -0.05) is 31.1 Å². The van der Waals surface area contributed by atoms with Crippen molar-refractivity contribution in [1.29, 1.82) is 0 Å². The van der Waals surface area contributed by atoms with Crippen molar-refractivity contribution in [1.82, 2.24) is 0 Å². The van der Waals surface area contributed by atoms with Gasteiger partial charge in [0, 0.05) is 6.42 Å². The molecule has 0 aromatic rings. The van der Waals surface area contributed by atoms with Crippen molar-refractivity contribution in [3.05, 3.63) is 24.3 Å². The Bertz CT molecular complexity index is 366. The maximum Gasteiger partial charge on any atom is 0.0984 e. The number of allylic oxidation sites excluding steroid dienone is 1. The van der Waals surface area contributed by atoms with Crippen molar-refractivity contribution in [3.8, 4) is 12.3 Å². The Morgan fingerprint density at radius 1 is 1.39 bits per heavy atom. The Balaban J connectivity index is 2.05. The van der Waals surface area contributed by atoms with Crippen LogP contribution in [0.3, 0.4) is 0 Å². The Kier molecular flexibility index (Phi) is 4.60. The Labute approximate surface area is 108 Å². The van der Waals surface area contributed by atoms with E-state index in [0.717, 1.165) is 19.3 Å². The maximum absolute atomic E-state index is 9.99. The van der Waals surface area contributed by atoms with Crippen LogP contribution in [0.4, 0.5) is 0 Å². The summed E-state index contributed by atoms with van der Waals surface area (Å²) in [5.74, 6) is 2.47. The molecule has 2 aliphatic heterocycles. The van der Waals surface area contributed by atoms with Crippen LogP contribution in [0.25, 0.3) is 0 Å². The summed E-state index contributed by atoms with van der Waals surface area (Å²) in [6.07, 6.45) is 14.3. The summed E-state index contributed by atoms with van der Waals surface area (Å²) in [6.45, 7) is 2.07. The van der Waals surface area contributed by atoms with Gasteiger partial charge >= 0.3 is 0 Å². The molecule has 1 fully saturated rings. The first-order chi connectivity index (χ1) is 8.74. The second-order valence-corrected chi connectivity index (χ2v) is 4.75. The van der Waals surface area contributed by atoms with Crippen molar-refractivity contribution in [2.45, 2.75) is 56.7 Å². The number of fused-ring (bicyclic) bond motifs is 2. The van der Waals surface area contributed by atoms with Crippen LogP contribution in [0.15, 0.2) is 24.3 Å². The van der Waals surface area contributed by atoms with E-state index in [-0.39, 0.29) is 24.4 Å². The molecule has 18 heavy (non-hydrogen) atoms. The van der Waals surface area contributed by atoms with Crippen molar-refractivity contribution in [3.63, 3.8) is 0 Å². The van der Waals surface area contributed by atoms with Crippen molar-refractivity contribution < 1.29 is 14.6 Å². The van der Waals surface area contributed by atoms with Gasteiger partial charge in [-0.25, -0.2) is 0 Å². The summed E-state index contributed by atoms with van der Waals surface area (Å²) in [5.41, 5.74) is 0. The van der Waals surface area contributed by atoms with Gasteiger partial charge < -0.3 is 14.6 Å². The third-order valence-electron chi connectivity index (χ3n) is 3.47. The molecule has 1 saturated heterocycles. The monoisotopic (exact) mass is 248 g/mol. The molecule has 1 unspecified atom stereocenters. The van der Waals surface area contributed by atoms with E-state index in [9.17, 15) is 5.11 Å².